The van der Waals surface area contributed by atoms with Crippen LogP contribution in [0.25, 0.3) is 0 Å². The predicted molar refractivity (Wildman–Crippen MR) is 161 cm³/mol. The number of aromatic nitrogens is 1. The molecule has 0 fully saturated rings. The molecule has 2 amide bonds. The molecule has 0 saturated carbocycles. The SMILES string of the molecule is CCOc1cc(C(Nc2ccc(C(=N)N)cc2)C(=O)NNC(=O)c2nc(Cl)ccc2Cl)ccc1OC(C)C.O=C(O)C(F)(F)F. The van der Waals surface area contributed by atoms with E-state index < -0.39 is 30.0 Å². The number of carbonyl (C=O) groups is 3. The Hall–Kier alpha value is -4.76. The first-order valence-corrected chi connectivity index (χ1v) is 13.7. The lowest BCUT2D eigenvalue weighted by Gasteiger charge is -2.22. The number of rotatable bonds is 10. The molecule has 1 aromatic heterocycles. The number of hydrogen-bond acceptors (Lipinski definition) is 8. The van der Waals surface area contributed by atoms with Crippen LogP contribution in [0.15, 0.2) is 54.6 Å². The van der Waals surface area contributed by atoms with Gasteiger partial charge in [0.1, 0.15) is 22.7 Å². The molecule has 0 aliphatic rings. The van der Waals surface area contributed by atoms with Crippen molar-refractivity contribution in [3.63, 3.8) is 0 Å². The number of benzene rings is 2. The van der Waals surface area contributed by atoms with E-state index in [2.05, 4.69) is 21.2 Å². The molecule has 17 heteroatoms. The summed E-state index contributed by atoms with van der Waals surface area (Å²) in [6, 6.07) is 13.7. The number of alkyl halides is 3. The third-order valence-corrected chi connectivity index (χ3v) is 5.82. The second-order valence-corrected chi connectivity index (χ2v) is 9.88. The van der Waals surface area contributed by atoms with Gasteiger partial charge in [0.05, 0.1) is 17.7 Å². The Balaban J connectivity index is 0.000000900. The number of nitrogens with one attached hydrogen (secondary N) is 4. The van der Waals surface area contributed by atoms with Crippen LogP contribution in [0.5, 0.6) is 11.5 Å². The Labute approximate surface area is 265 Å². The van der Waals surface area contributed by atoms with E-state index in [0.29, 0.717) is 34.9 Å². The second kappa shape index (κ2) is 16.4. The molecule has 0 saturated heterocycles. The maximum atomic E-state index is 13.3. The van der Waals surface area contributed by atoms with Crippen LogP contribution in [0.2, 0.25) is 10.2 Å². The van der Waals surface area contributed by atoms with E-state index in [4.69, 9.17) is 53.7 Å². The summed E-state index contributed by atoms with van der Waals surface area (Å²) < 4.78 is 43.3. The molecule has 1 unspecified atom stereocenters. The summed E-state index contributed by atoms with van der Waals surface area (Å²) in [6.07, 6.45) is -5.17. The van der Waals surface area contributed by atoms with E-state index >= 15 is 0 Å². The van der Waals surface area contributed by atoms with Crippen LogP contribution in [-0.4, -0.2) is 52.6 Å². The number of aliphatic carboxylic acids is 1. The Kier molecular flexibility index (Phi) is 13.2. The Morgan fingerprint density at radius 3 is 2.18 bits per heavy atom. The Morgan fingerprint density at radius 2 is 1.64 bits per heavy atom. The monoisotopic (exact) mass is 672 g/mol. The van der Waals surface area contributed by atoms with Gasteiger partial charge in [-0.25, -0.2) is 9.78 Å². The number of halogens is 5. The van der Waals surface area contributed by atoms with Gasteiger partial charge in [-0.2, -0.15) is 13.2 Å². The van der Waals surface area contributed by atoms with Crippen LogP contribution in [-0.2, 0) is 9.59 Å². The fourth-order valence-electron chi connectivity index (χ4n) is 3.36. The van der Waals surface area contributed by atoms with E-state index in [1.807, 2.05) is 20.8 Å². The van der Waals surface area contributed by atoms with Crippen LogP contribution in [0, 0.1) is 5.41 Å². The lowest BCUT2D eigenvalue weighted by Crippen LogP contribution is -2.45. The van der Waals surface area contributed by atoms with Crippen molar-refractivity contribution in [3.8, 4) is 11.5 Å². The second-order valence-electron chi connectivity index (χ2n) is 9.08. The van der Waals surface area contributed by atoms with E-state index in [9.17, 15) is 22.8 Å². The summed E-state index contributed by atoms with van der Waals surface area (Å²) in [5.41, 5.74) is 11.8. The van der Waals surface area contributed by atoms with Gasteiger partial charge >= 0.3 is 12.1 Å². The van der Waals surface area contributed by atoms with Crippen LogP contribution >= 0.6 is 23.2 Å². The number of pyridine rings is 1. The van der Waals surface area contributed by atoms with E-state index in [0.717, 1.165) is 0 Å². The van der Waals surface area contributed by atoms with E-state index in [-0.39, 0.29) is 27.8 Å². The van der Waals surface area contributed by atoms with Gasteiger partial charge in [0, 0.05) is 11.3 Å². The summed E-state index contributed by atoms with van der Waals surface area (Å²) in [5.74, 6) is -3.18. The maximum Gasteiger partial charge on any atom is 0.490 e. The zero-order valence-corrected chi connectivity index (χ0v) is 25.5. The number of amidine groups is 1. The van der Waals surface area contributed by atoms with Crippen molar-refractivity contribution in [1.82, 2.24) is 15.8 Å². The summed E-state index contributed by atoms with van der Waals surface area (Å²) in [5, 5.41) is 18.0. The van der Waals surface area contributed by atoms with E-state index in [1.165, 1.54) is 12.1 Å². The molecule has 7 N–H and O–H groups in total. The highest BCUT2D eigenvalue weighted by Gasteiger charge is 2.38. The van der Waals surface area contributed by atoms with Gasteiger partial charge in [-0.3, -0.25) is 25.8 Å². The average molecular weight is 673 g/mol. The molecule has 0 bridgehead atoms. The first-order valence-electron chi connectivity index (χ1n) is 12.9. The molecule has 1 heterocycles. The molecule has 0 aliphatic carbocycles. The number of amides is 2. The van der Waals surface area contributed by atoms with Crippen LogP contribution < -0.4 is 31.4 Å². The van der Waals surface area contributed by atoms with E-state index in [1.54, 1.807) is 42.5 Å². The molecule has 2 aromatic carbocycles. The van der Waals surface area contributed by atoms with Crippen molar-refractivity contribution in [2.24, 2.45) is 5.73 Å². The molecule has 0 radical (unpaired) electrons. The summed E-state index contributed by atoms with van der Waals surface area (Å²) in [4.78, 5) is 38.8. The van der Waals surface area contributed by atoms with Crippen molar-refractivity contribution in [3.05, 3.63) is 81.6 Å². The van der Waals surface area contributed by atoms with Crippen LogP contribution in [0.1, 0.15) is 48.4 Å². The minimum Gasteiger partial charge on any atom is -0.490 e. The standard InChI is InChI=1S/C26H28Cl2N6O4.C2HF3O2/c1-4-37-20-13-16(7-11-19(20)38-14(2)3)22(31-17-8-5-15(6-9-17)24(29)30)25(35)33-34-26(36)23-18(27)10-12-21(28)32-23;3-2(4,5)1(6)7/h5-14,22,31H,4H2,1-3H3,(H3,29,30)(H,33,35)(H,34,36);(H,6,7). The molecule has 0 aliphatic heterocycles. The predicted octanol–water partition coefficient (Wildman–Crippen LogP) is 5.11. The highest BCUT2D eigenvalue weighted by atomic mass is 35.5. The zero-order chi connectivity index (χ0) is 33.9. The molecular weight excluding hydrogens is 644 g/mol. The summed E-state index contributed by atoms with van der Waals surface area (Å²) in [7, 11) is 0. The molecule has 242 valence electrons. The summed E-state index contributed by atoms with van der Waals surface area (Å²) >= 11 is 11.9. The minimum atomic E-state index is -5.08. The number of carbonyl (C=O) groups excluding carboxylic acids is 2. The topological polar surface area (TPSA) is 189 Å². The number of nitrogen functional groups attached to an aromatic ring is 1. The van der Waals surface area contributed by atoms with Crippen molar-refractivity contribution in [1.29, 1.82) is 5.41 Å². The molecule has 3 rings (SSSR count). The number of nitrogens with zero attached hydrogens (tertiary/aromatic N) is 1. The maximum absolute atomic E-state index is 13.3. The zero-order valence-electron chi connectivity index (χ0n) is 24.0. The number of hydrogen-bond donors (Lipinski definition) is 6. The number of hydrazine groups is 1. The number of carboxylic acid groups (broad SMARTS) is 1. The van der Waals surface area contributed by atoms with Crippen molar-refractivity contribution < 1.29 is 42.1 Å². The molecular formula is C28H29Cl2F3N6O6. The first-order chi connectivity index (χ1) is 21.0. The Morgan fingerprint density at radius 1 is 1.02 bits per heavy atom. The van der Waals surface area contributed by atoms with Gasteiger partial charge in [0.2, 0.25) is 0 Å². The van der Waals surface area contributed by atoms with Gasteiger partial charge in [-0.15, -0.1) is 0 Å². The minimum absolute atomic E-state index is 0.0727. The molecule has 45 heavy (non-hydrogen) atoms. The molecule has 3 aromatic rings. The van der Waals surface area contributed by atoms with Crippen molar-refractivity contribution >= 4 is 52.5 Å². The van der Waals surface area contributed by atoms with Gasteiger partial charge in [0.15, 0.2) is 11.5 Å². The highest BCUT2D eigenvalue weighted by Crippen LogP contribution is 2.33. The molecule has 0 spiro atoms. The van der Waals surface area contributed by atoms with Crippen molar-refractivity contribution in [2.75, 3.05) is 11.9 Å². The Bertz CT molecular complexity index is 1520. The normalized spacial score (nSPS) is 11.4. The van der Waals surface area contributed by atoms with Gasteiger partial charge in [-0.05, 0) is 74.9 Å². The summed E-state index contributed by atoms with van der Waals surface area (Å²) in [6.45, 7) is 6.03. The van der Waals surface area contributed by atoms with Crippen molar-refractivity contribution in [2.45, 2.75) is 39.1 Å². The average Bonchev–Trinajstić information content (AvgIpc) is 2.96. The van der Waals surface area contributed by atoms with Gasteiger partial charge < -0.3 is 25.6 Å². The van der Waals surface area contributed by atoms with Gasteiger partial charge in [0.25, 0.3) is 11.8 Å². The first kappa shape index (κ1) is 36.4. The number of ether oxygens (including phenoxy) is 2. The largest absolute Gasteiger partial charge is 0.490 e. The van der Waals surface area contributed by atoms with Crippen LogP contribution in [0.4, 0.5) is 18.9 Å². The number of anilines is 1. The quantitative estimate of drug-likeness (QED) is 0.0736. The van der Waals surface area contributed by atoms with Crippen LogP contribution in [0.3, 0.4) is 0 Å². The highest BCUT2D eigenvalue weighted by molar-refractivity contribution is 6.34. The number of carboxylic acids is 1. The molecule has 12 nitrogen and oxygen atoms in total. The fourth-order valence-corrected chi connectivity index (χ4v) is 3.70. The third kappa shape index (κ3) is 11.4. The number of nitrogens with two attached hydrogens (primary N) is 1. The lowest BCUT2D eigenvalue weighted by atomic mass is 10.0. The van der Waals surface area contributed by atoms with Gasteiger partial charge in [-0.1, -0.05) is 29.3 Å². The smallest absolute Gasteiger partial charge is 0.490 e. The fraction of sp³-hybridized carbons (Fsp3) is 0.250. The third-order valence-electron chi connectivity index (χ3n) is 5.30. The lowest BCUT2D eigenvalue weighted by molar-refractivity contribution is -0.192. The molecule has 1 atom stereocenters.